The minimum atomic E-state index is -1.14. The molecule has 0 aliphatic carbocycles. The zero-order chi connectivity index (χ0) is 29.8. The number of ether oxygens (including phenoxy) is 4. The molecule has 1 fully saturated rings. The van der Waals surface area contributed by atoms with Crippen molar-refractivity contribution in [2.24, 2.45) is 0 Å². The molecule has 6 rings (SSSR count). The van der Waals surface area contributed by atoms with Gasteiger partial charge in [0.25, 0.3) is 11.8 Å². The number of aromatic nitrogens is 4. The average Bonchev–Trinajstić information content (AvgIpc) is 3.81. The van der Waals surface area contributed by atoms with Gasteiger partial charge in [0.15, 0.2) is 17.5 Å². The second-order valence-electron chi connectivity index (χ2n) is 10.2. The van der Waals surface area contributed by atoms with Crippen molar-refractivity contribution >= 4 is 17.5 Å². The van der Waals surface area contributed by atoms with E-state index in [1.165, 1.54) is 9.70 Å². The fourth-order valence-corrected chi connectivity index (χ4v) is 5.07. The highest BCUT2D eigenvalue weighted by Crippen LogP contribution is 2.37. The van der Waals surface area contributed by atoms with Gasteiger partial charge in [-0.15, -0.1) is 10.2 Å². The van der Waals surface area contributed by atoms with E-state index in [2.05, 4.69) is 20.7 Å². The largest absolute Gasteiger partial charge is 0.497 e. The first-order chi connectivity index (χ1) is 21.0. The summed E-state index contributed by atoms with van der Waals surface area (Å²) in [7, 11) is 1.59. The number of furan rings is 1. The van der Waals surface area contributed by atoms with Crippen molar-refractivity contribution in [3.05, 3.63) is 66.1 Å². The molecule has 13 heteroatoms. The molecular formula is C30H32N6O7. The normalized spacial score (nSPS) is 16.5. The summed E-state index contributed by atoms with van der Waals surface area (Å²) in [5, 5.41) is 15.6. The Morgan fingerprint density at radius 1 is 1.07 bits per heavy atom. The molecule has 2 aromatic heterocycles. The van der Waals surface area contributed by atoms with E-state index in [1.807, 2.05) is 0 Å². The van der Waals surface area contributed by atoms with Crippen LogP contribution in [0, 0.1) is 6.92 Å². The van der Waals surface area contributed by atoms with Gasteiger partial charge < -0.3 is 28.7 Å². The molecule has 4 heterocycles. The van der Waals surface area contributed by atoms with E-state index >= 15 is 0 Å². The smallest absolute Gasteiger partial charge is 0.251 e. The van der Waals surface area contributed by atoms with Crippen LogP contribution in [-0.2, 0) is 20.9 Å². The Hall–Kier alpha value is -4.91. The summed E-state index contributed by atoms with van der Waals surface area (Å²) >= 11 is 0. The lowest BCUT2D eigenvalue weighted by Crippen LogP contribution is -2.46. The number of tetrazole rings is 1. The number of amides is 2. The van der Waals surface area contributed by atoms with Crippen LogP contribution < -0.4 is 24.4 Å². The van der Waals surface area contributed by atoms with Crippen molar-refractivity contribution in [1.29, 1.82) is 0 Å². The molecule has 224 valence electrons. The molecule has 4 aromatic rings. The number of anilines is 1. The van der Waals surface area contributed by atoms with Gasteiger partial charge in [0, 0.05) is 30.5 Å². The van der Waals surface area contributed by atoms with Crippen LogP contribution in [0.1, 0.15) is 30.4 Å². The first-order valence-corrected chi connectivity index (χ1v) is 14.1. The molecular weight excluding hydrogens is 556 g/mol. The Kier molecular flexibility index (Phi) is 8.22. The lowest BCUT2D eigenvalue weighted by Gasteiger charge is -2.31. The van der Waals surface area contributed by atoms with Crippen LogP contribution in [0.25, 0.3) is 11.4 Å². The van der Waals surface area contributed by atoms with Crippen LogP contribution >= 0.6 is 0 Å². The maximum Gasteiger partial charge on any atom is 0.251 e. The highest BCUT2D eigenvalue weighted by molar-refractivity contribution is 6.01. The molecule has 0 spiro atoms. The van der Waals surface area contributed by atoms with Gasteiger partial charge in [-0.2, -0.15) is 4.80 Å². The quantitative estimate of drug-likeness (QED) is 0.294. The average molecular weight is 589 g/mol. The summed E-state index contributed by atoms with van der Waals surface area (Å²) < 4.78 is 28.3. The van der Waals surface area contributed by atoms with E-state index in [0.29, 0.717) is 72.2 Å². The van der Waals surface area contributed by atoms with Crippen LogP contribution in [0.5, 0.6) is 17.2 Å². The monoisotopic (exact) mass is 588 g/mol. The summed E-state index contributed by atoms with van der Waals surface area (Å²) in [6.07, 6.45) is 1.70. The van der Waals surface area contributed by atoms with Crippen molar-refractivity contribution in [2.45, 2.75) is 38.5 Å². The number of benzene rings is 2. The molecule has 0 radical (unpaired) electrons. The molecule has 0 unspecified atom stereocenters. The number of aryl methyl sites for hydroxylation is 1. The number of nitrogens with zero attached hydrogens (tertiary/aromatic N) is 5. The summed E-state index contributed by atoms with van der Waals surface area (Å²) in [5.41, 5.74) is 1.12. The second kappa shape index (κ2) is 12.5. The maximum atomic E-state index is 14.2. The number of rotatable bonds is 10. The molecule has 2 atom stereocenters. The van der Waals surface area contributed by atoms with Crippen LogP contribution in [0.2, 0.25) is 0 Å². The van der Waals surface area contributed by atoms with Crippen molar-refractivity contribution in [3.8, 4) is 28.6 Å². The van der Waals surface area contributed by atoms with Crippen LogP contribution in [-0.4, -0.2) is 71.6 Å². The molecule has 2 amide bonds. The molecule has 0 bridgehead atoms. The van der Waals surface area contributed by atoms with E-state index in [0.717, 1.165) is 12.8 Å². The molecule has 1 N–H and O–H groups in total. The van der Waals surface area contributed by atoms with Gasteiger partial charge in [0.05, 0.1) is 13.2 Å². The van der Waals surface area contributed by atoms with E-state index in [9.17, 15) is 9.59 Å². The Balaban J connectivity index is 1.33. The van der Waals surface area contributed by atoms with E-state index in [-0.39, 0.29) is 12.6 Å². The molecule has 0 saturated carbocycles. The van der Waals surface area contributed by atoms with Crippen molar-refractivity contribution in [3.63, 3.8) is 0 Å². The van der Waals surface area contributed by atoms with Gasteiger partial charge in [-0.1, -0.05) is 0 Å². The first kappa shape index (κ1) is 28.2. The molecule has 2 aromatic carbocycles. The molecule has 13 nitrogen and oxygen atoms in total. The van der Waals surface area contributed by atoms with E-state index in [1.54, 1.807) is 68.6 Å². The number of hydrogen-bond acceptors (Lipinski definition) is 10. The predicted molar refractivity (Wildman–Crippen MR) is 153 cm³/mol. The van der Waals surface area contributed by atoms with E-state index in [4.69, 9.17) is 23.4 Å². The fraction of sp³-hybridized carbons (Fsp3) is 0.367. The summed E-state index contributed by atoms with van der Waals surface area (Å²) in [6, 6.07) is 14.6. The predicted octanol–water partition coefficient (Wildman–Crippen LogP) is 3.09. The van der Waals surface area contributed by atoms with Crippen molar-refractivity contribution in [1.82, 2.24) is 25.5 Å². The molecule has 43 heavy (non-hydrogen) atoms. The zero-order valence-corrected chi connectivity index (χ0v) is 23.9. The van der Waals surface area contributed by atoms with Crippen LogP contribution in [0.15, 0.2) is 59.0 Å². The zero-order valence-electron chi connectivity index (χ0n) is 23.9. The van der Waals surface area contributed by atoms with Gasteiger partial charge >= 0.3 is 0 Å². The summed E-state index contributed by atoms with van der Waals surface area (Å²) in [4.78, 5) is 30.6. The molecule has 2 aliphatic rings. The van der Waals surface area contributed by atoms with Gasteiger partial charge in [-0.25, -0.2) is 0 Å². The highest BCUT2D eigenvalue weighted by atomic mass is 16.6. The Labute approximate surface area is 247 Å². The lowest BCUT2D eigenvalue weighted by molar-refractivity contribution is -0.127. The third-order valence-electron chi connectivity index (χ3n) is 7.22. The topological polar surface area (TPSA) is 143 Å². The molecule has 2 aliphatic heterocycles. The number of methoxy groups -OCH3 is 1. The number of fused-ring (bicyclic) bond motifs is 1. The Morgan fingerprint density at radius 2 is 1.88 bits per heavy atom. The third-order valence-corrected chi connectivity index (χ3v) is 7.22. The first-order valence-electron chi connectivity index (χ1n) is 14.1. The standard InChI is InChI=1S/C30H32N6O7/c1-19-5-11-25(43-19)28(30(38)31-17-23-4-3-13-40-23)36(21-8-12-24-26(16-21)42-15-14-41-24)27(37)18-35-33-29(32-34-35)20-6-9-22(39-2)10-7-20/h5-12,16,23,28H,3-4,13-15,17-18H2,1-2H3,(H,31,38)/t23-,28-/m0/s1. The summed E-state index contributed by atoms with van der Waals surface area (Å²) in [6.45, 7) is 3.24. The fourth-order valence-electron chi connectivity index (χ4n) is 5.07. The van der Waals surface area contributed by atoms with Gasteiger partial charge in [-0.3, -0.25) is 14.5 Å². The van der Waals surface area contributed by atoms with Gasteiger partial charge in [-0.05, 0) is 73.5 Å². The minimum Gasteiger partial charge on any atom is -0.497 e. The SMILES string of the molecule is COc1ccc(-c2nnn(CC(=O)N(c3ccc4c(c3)OCCO4)[C@H](C(=O)NC[C@@H]3CCCO3)c3ccc(C)o3)n2)cc1. The van der Waals surface area contributed by atoms with Crippen molar-refractivity contribution < 1.29 is 33.0 Å². The lowest BCUT2D eigenvalue weighted by atomic mass is 10.1. The maximum absolute atomic E-state index is 14.2. The van der Waals surface area contributed by atoms with Crippen LogP contribution in [0.4, 0.5) is 5.69 Å². The van der Waals surface area contributed by atoms with Crippen molar-refractivity contribution in [2.75, 3.05) is 38.4 Å². The Bertz CT molecular complexity index is 1580. The number of carbonyl (C=O) groups is 2. The minimum absolute atomic E-state index is 0.0860. The van der Waals surface area contributed by atoms with Gasteiger partial charge in [0.1, 0.15) is 37.0 Å². The Morgan fingerprint density at radius 3 is 2.60 bits per heavy atom. The van der Waals surface area contributed by atoms with E-state index < -0.39 is 17.9 Å². The highest BCUT2D eigenvalue weighted by Gasteiger charge is 2.36. The summed E-state index contributed by atoms with van der Waals surface area (Å²) in [5.74, 6) is 2.07. The number of carbonyl (C=O) groups excluding carboxylic acids is 2. The second-order valence-corrected chi connectivity index (χ2v) is 10.2. The molecule has 1 saturated heterocycles. The number of nitrogens with one attached hydrogen (secondary N) is 1. The number of hydrogen-bond donors (Lipinski definition) is 1. The van der Waals surface area contributed by atoms with Gasteiger partial charge in [0.2, 0.25) is 5.82 Å². The van der Waals surface area contributed by atoms with Crippen LogP contribution in [0.3, 0.4) is 0 Å². The third kappa shape index (κ3) is 6.31.